The lowest BCUT2D eigenvalue weighted by Crippen LogP contribution is -2.57. The average Bonchev–Trinajstić information content (AvgIpc) is 2.66. The monoisotopic (exact) mass is 488 g/mol. The van der Waals surface area contributed by atoms with E-state index in [1.807, 2.05) is 0 Å². The van der Waals surface area contributed by atoms with Gasteiger partial charge in [0.25, 0.3) is 5.91 Å². The van der Waals surface area contributed by atoms with Gasteiger partial charge in [-0.2, -0.15) is 13.2 Å². The van der Waals surface area contributed by atoms with Gasteiger partial charge in [-0.05, 0) is 41.3 Å². The minimum atomic E-state index is -5.30. The number of aromatic nitrogens is 1. The average molecular weight is 489 g/mol. The van der Waals surface area contributed by atoms with Crippen LogP contribution in [0.2, 0.25) is 10.0 Å². The number of nitrogens with one attached hydrogen (secondary N) is 1. The number of aliphatic hydroxyl groups is 1. The maximum absolute atomic E-state index is 13.9. The molecule has 0 radical (unpaired) electrons. The summed E-state index contributed by atoms with van der Waals surface area (Å²) in [6, 6.07) is 8.00. The first-order valence-corrected chi connectivity index (χ1v) is 9.95. The fraction of sp³-hybridized carbons (Fsp3) is 0.286. The maximum Gasteiger partial charge on any atom is 0.426 e. The predicted octanol–water partition coefficient (Wildman–Crippen LogP) is 5.09. The zero-order valence-corrected chi connectivity index (χ0v) is 18.3. The number of halogens is 5. The first kappa shape index (κ1) is 24.0. The normalized spacial score (nSPS) is 14.2. The van der Waals surface area contributed by atoms with Crippen LogP contribution in [0.5, 0.6) is 0 Å². The van der Waals surface area contributed by atoms with Crippen LogP contribution in [-0.4, -0.2) is 27.9 Å². The van der Waals surface area contributed by atoms with Gasteiger partial charge in [-0.25, -0.2) is 4.79 Å². The van der Waals surface area contributed by atoms with E-state index in [0.29, 0.717) is 5.02 Å². The molecular formula is C21H17Cl2F3N2O4. The topological polar surface area (TPSA) is 92.4 Å². The second-order valence-corrected chi connectivity index (χ2v) is 8.76. The molecule has 11 heteroatoms. The summed E-state index contributed by atoms with van der Waals surface area (Å²) in [5, 5.41) is 16.8. The second-order valence-electron chi connectivity index (χ2n) is 7.91. The lowest BCUT2D eigenvalue weighted by molar-refractivity contribution is -0.254. The third-order valence-corrected chi connectivity index (χ3v) is 5.61. The zero-order valence-electron chi connectivity index (χ0n) is 16.8. The molecule has 0 aliphatic heterocycles. The molecule has 3 rings (SSSR count). The van der Waals surface area contributed by atoms with Crippen molar-refractivity contribution in [3.63, 3.8) is 0 Å². The van der Waals surface area contributed by atoms with E-state index in [1.54, 1.807) is 0 Å². The molecule has 0 spiro atoms. The van der Waals surface area contributed by atoms with E-state index in [2.05, 4.69) is 15.0 Å². The highest BCUT2D eigenvalue weighted by atomic mass is 35.5. The summed E-state index contributed by atoms with van der Waals surface area (Å²) in [7, 11) is 0. The summed E-state index contributed by atoms with van der Waals surface area (Å²) in [5.74, 6) is -1.68. The molecule has 0 saturated heterocycles. The van der Waals surface area contributed by atoms with E-state index in [1.165, 1.54) is 56.4 Å². The van der Waals surface area contributed by atoms with Gasteiger partial charge in [-0.3, -0.25) is 4.79 Å². The molecule has 2 aromatic carbocycles. The number of fused-ring (bicyclic) bond motifs is 1. The quantitative estimate of drug-likeness (QED) is 0.521. The standard InChI is InChI=1S/C21H17Cl2F3N2O4/c1-19(2,15-6-3-12(22)8-16(15)23)10-20(31,21(24,25)26)18(30)28-13-4-5-14-11(7-13)9-27-32-17(14)29/h3-9,31H,10H2,1-2H3,(H,28,30). The van der Waals surface area contributed by atoms with Crippen molar-refractivity contribution in [3.8, 4) is 0 Å². The van der Waals surface area contributed by atoms with Gasteiger partial charge in [0.2, 0.25) is 5.60 Å². The van der Waals surface area contributed by atoms with Gasteiger partial charge in [-0.1, -0.05) is 48.3 Å². The van der Waals surface area contributed by atoms with Gasteiger partial charge in [0.05, 0.1) is 11.6 Å². The Labute approximate surface area is 189 Å². The largest absolute Gasteiger partial charge is 0.426 e. The van der Waals surface area contributed by atoms with Crippen LogP contribution in [0.4, 0.5) is 18.9 Å². The van der Waals surface area contributed by atoms with Crippen LogP contribution < -0.4 is 10.9 Å². The zero-order chi connectivity index (χ0) is 23.9. The van der Waals surface area contributed by atoms with Crippen molar-refractivity contribution in [1.29, 1.82) is 0 Å². The summed E-state index contributed by atoms with van der Waals surface area (Å²) >= 11 is 12.0. The van der Waals surface area contributed by atoms with Crippen LogP contribution in [0.25, 0.3) is 10.8 Å². The van der Waals surface area contributed by atoms with E-state index < -0.39 is 35.1 Å². The van der Waals surface area contributed by atoms with Gasteiger partial charge >= 0.3 is 11.8 Å². The third kappa shape index (κ3) is 4.60. The number of alkyl halides is 3. The molecule has 0 saturated carbocycles. The van der Waals surface area contributed by atoms with Crippen LogP contribution in [0, 0.1) is 0 Å². The Morgan fingerprint density at radius 3 is 2.47 bits per heavy atom. The van der Waals surface area contributed by atoms with E-state index >= 15 is 0 Å². The Morgan fingerprint density at radius 2 is 1.84 bits per heavy atom. The van der Waals surface area contributed by atoms with Crippen molar-refractivity contribution in [3.05, 3.63) is 68.6 Å². The molecule has 1 atom stereocenters. The fourth-order valence-electron chi connectivity index (χ4n) is 3.43. The van der Waals surface area contributed by atoms with Gasteiger partial charge in [-0.15, -0.1) is 0 Å². The van der Waals surface area contributed by atoms with Crippen LogP contribution in [-0.2, 0) is 10.2 Å². The molecule has 0 bridgehead atoms. The lowest BCUT2D eigenvalue weighted by atomic mass is 9.74. The molecule has 0 fully saturated rings. The Balaban J connectivity index is 1.96. The molecule has 1 amide bonds. The number of carbonyl (C=O) groups excluding carboxylic acids is 1. The van der Waals surface area contributed by atoms with E-state index in [4.69, 9.17) is 23.2 Å². The molecule has 0 aliphatic rings. The number of rotatable bonds is 5. The Bertz CT molecular complexity index is 1240. The predicted molar refractivity (Wildman–Crippen MR) is 114 cm³/mol. The summed E-state index contributed by atoms with van der Waals surface area (Å²) in [6.45, 7) is 2.85. The number of benzene rings is 2. The third-order valence-electron chi connectivity index (χ3n) is 5.06. The summed E-state index contributed by atoms with van der Waals surface area (Å²) < 4.78 is 46.3. The van der Waals surface area contributed by atoms with Crippen molar-refractivity contribution >= 4 is 45.6 Å². The Morgan fingerprint density at radius 1 is 1.16 bits per heavy atom. The fourth-order valence-corrected chi connectivity index (χ4v) is 4.09. The van der Waals surface area contributed by atoms with Gasteiger partial charge in [0, 0.05) is 27.5 Å². The van der Waals surface area contributed by atoms with Crippen molar-refractivity contribution in [2.24, 2.45) is 0 Å². The van der Waals surface area contributed by atoms with Crippen LogP contribution in [0.3, 0.4) is 0 Å². The molecule has 32 heavy (non-hydrogen) atoms. The number of amides is 1. The Kier molecular flexibility index (Phi) is 6.29. The van der Waals surface area contributed by atoms with E-state index in [-0.39, 0.29) is 27.0 Å². The van der Waals surface area contributed by atoms with E-state index in [9.17, 15) is 27.9 Å². The van der Waals surface area contributed by atoms with Crippen LogP contribution >= 0.6 is 23.2 Å². The first-order valence-electron chi connectivity index (χ1n) is 9.19. The minimum Gasteiger partial charge on any atom is -0.373 e. The summed E-state index contributed by atoms with van der Waals surface area (Å²) in [6.07, 6.45) is -5.14. The number of carbonyl (C=O) groups is 1. The smallest absolute Gasteiger partial charge is 0.373 e. The molecule has 170 valence electrons. The van der Waals surface area contributed by atoms with Crippen molar-refractivity contribution in [2.45, 2.75) is 37.5 Å². The highest BCUT2D eigenvalue weighted by molar-refractivity contribution is 6.35. The molecule has 1 unspecified atom stereocenters. The highest BCUT2D eigenvalue weighted by Crippen LogP contribution is 2.43. The van der Waals surface area contributed by atoms with Crippen molar-refractivity contribution < 1.29 is 27.6 Å². The molecule has 1 aromatic heterocycles. The number of hydrogen-bond acceptors (Lipinski definition) is 5. The first-order chi connectivity index (χ1) is 14.7. The van der Waals surface area contributed by atoms with Crippen molar-refractivity contribution in [1.82, 2.24) is 5.16 Å². The molecule has 3 aromatic rings. The summed E-state index contributed by atoms with van der Waals surface area (Å²) in [4.78, 5) is 24.3. The molecule has 2 N–H and O–H groups in total. The lowest BCUT2D eigenvalue weighted by Gasteiger charge is -2.37. The molecule has 0 aliphatic carbocycles. The van der Waals surface area contributed by atoms with Crippen LogP contribution in [0.1, 0.15) is 25.8 Å². The minimum absolute atomic E-state index is 0.0695. The molecular weight excluding hydrogens is 472 g/mol. The van der Waals surface area contributed by atoms with Crippen LogP contribution in [0.15, 0.2) is 51.9 Å². The van der Waals surface area contributed by atoms with E-state index in [0.717, 1.165) is 0 Å². The highest BCUT2D eigenvalue weighted by Gasteiger charge is 2.61. The number of anilines is 1. The maximum atomic E-state index is 13.9. The van der Waals surface area contributed by atoms with Gasteiger partial charge in [0.15, 0.2) is 0 Å². The molecule has 1 heterocycles. The number of hydrogen-bond donors (Lipinski definition) is 2. The van der Waals surface area contributed by atoms with Crippen molar-refractivity contribution in [2.75, 3.05) is 5.32 Å². The SMILES string of the molecule is CC(C)(CC(O)(C(=O)Nc1ccc2c(=O)oncc2c1)C(F)(F)F)c1ccc(Cl)cc1Cl. The second kappa shape index (κ2) is 8.38. The van der Waals surface area contributed by atoms with Gasteiger partial charge < -0.3 is 14.9 Å². The Hall–Kier alpha value is -2.62. The number of nitrogens with zero attached hydrogens (tertiary/aromatic N) is 1. The molecule has 6 nitrogen and oxygen atoms in total. The summed E-state index contributed by atoms with van der Waals surface area (Å²) in [5.41, 5.74) is -5.64. The van der Waals surface area contributed by atoms with Gasteiger partial charge in [0.1, 0.15) is 0 Å².